The Labute approximate surface area is 280 Å². The molecule has 0 nitrogen and oxygen atoms in total. The average Bonchev–Trinajstić information content (AvgIpc) is 3.63. The first-order valence-corrected chi connectivity index (χ1v) is 16.6. The molecule has 2 aliphatic carbocycles. The summed E-state index contributed by atoms with van der Waals surface area (Å²) in [5.41, 5.74) is 5.75. The molecule has 4 aromatic rings. The average molecular weight is 683 g/mol. The van der Waals surface area contributed by atoms with Gasteiger partial charge in [0, 0.05) is 0 Å². The Morgan fingerprint density at radius 3 is 1.71 bits per heavy atom. The second kappa shape index (κ2) is 15.5. The topological polar surface area (TPSA) is 0 Å². The van der Waals surface area contributed by atoms with E-state index in [1.54, 1.807) is 38.8 Å². The molecule has 0 spiro atoms. The Balaban J connectivity index is 0.000000246. The Morgan fingerprint density at radius 2 is 1.34 bits per heavy atom. The zero-order valence-electron chi connectivity index (χ0n) is 25.7. The van der Waals surface area contributed by atoms with E-state index in [9.17, 15) is 0 Å². The molecule has 0 radical (unpaired) electrons. The van der Waals surface area contributed by atoms with Crippen molar-refractivity contribution < 1.29 is 49.0 Å². The van der Waals surface area contributed by atoms with Crippen LogP contribution in [0.15, 0.2) is 71.4 Å². The van der Waals surface area contributed by atoms with Crippen molar-refractivity contribution in [2.24, 2.45) is 5.92 Å². The van der Waals surface area contributed by atoms with E-state index in [0.29, 0.717) is 5.92 Å². The first-order chi connectivity index (χ1) is 18.4. The van der Waals surface area contributed by atoms with Crippen LogP contribution in [0.25, 0.3) is 27.1 Å². The summed E-state index contributed by atoms with van der Waals surface area (Å²) in [5, 5.41) is 9.74. The van der Waals surface area contributed by atoms with Crippen LogP contribution in [0.5, 0.6) is 0 Å². The van der Waals surface area contributed by atoms with E-state index in [1.807, 2.05) is 0 Å². The standard InChI is InChI=1S/C21H25.C10H9S.C6H10.2ClH.Zr/c1-20(2,3)16-9-7-14-11-15-8-10-17(21(4,5)6)13-19(15)18(14)12-16;1-8-2-3-9(6-8)10-4-5-11-7-10;1-2-4-6-5-3-1;;;/h7-13H,1-6H3;2-5,7-8H,1H3;1-5H2;2*1H;/q2*-1;;;;+2/p-2. The number of hydrogen-bond donors (Lipinski definition) is 0. The van der Waals surface area contributed by atoms with Crippen molar-refractivity contribution in [3.63, 3.8) is 0 Å². The molecule has 1 atom stereocenters. The van der Waals surface area contributed by atoms with E-state index in [4.69, 9.17) is 0 Å². The molecule has 1 unspecified atom stereocenters. The second-order valence-corrected chi connectivity index (χ2v) is 15.6. The molecular weight excluding hydrogens is 639 g/mol. The summed E-state index contributed by atoms with van der Waals surface area (Å²) in [4.78, 5) is 0. The fourth-order valence-corrected chi connectivity index (χ4v) is 6.61. The fraction of sp³-hybridized carbons (Fsp3) is 0.405. The molecule has 218 valence electrons. The first kappa shape index (κ1) is 36.0. The van der Waals surface area contributed by atoms with Crippen molar-refractivity contribution in [2.75, 3.05) is 0 Å². The quantitative estimate of drug-likeness (QED) is 0.245. The van der Waals surface area contributed by atoms with E-state index >= 15 is 0 Å². The van der Waals surface area contributed by atoms with Gasteiger partial charge in [-0.2, -0.15) is 29.1 Å². The second-order valence-electron chi connectivity index (χ2n) is 13.1. The molecule has 3 aromatic carbocycles. The Hall–Kier alpha value is -1.18. The van der Waals surface area contributed by atoms with Gasteiger partial charge < -0.3 is 24.8 Å². The van der Waals surface area contributed by atoms with Gasteiger partial charge in [0.1, 0.15) is 0 Å². The van der Waals surface area contributed by atoms with Gasteiger partial charge in [-0.05, 0) is 16.2 Å². The van der Waals surface area contributed by atoms with Gasteiger partial charge in [0.05, 0.1) is 0 Å². The number of hydrogen-bond acceptors (Lipinski definition) is 1. The van der Waals surface area contributed by atoms with Crippen molar-refractivity contribution in [3.05, 3.63) is 94.2 Å². The van der Waals surface area contributed by atoms with Crippen LogP contribution in [0, 0.1) is 12.0 Å². The van der Waals surface area contributed by atoms with Crippen LogP contribution in [0.1, 0.15) is 97.3 Å². The molecular formula is C37H44Cl2SZr-2. The van der Waals surface area contributed by atoms with Crippen LogP contribution >= 0.6 is 11.3 Å². The third-order valence-electron chi connectivity index (χ3n) is 7.66. The summed E-state index contributed by atoms with van der Waals surface area (Å²) < 4.78 is 1.80. The van der Waals surface area contributed by atoms with Gasteiger partial charge in [-0.15, -0.1) is 51.4 Å². The Morgan fingerprint density at radius 1 is 0.805 bits per heavy atom. The molecule has 0 amide bonds. The maximum absolute atomic E-state index is 3.37. The number of thiophene rings is 1. The van der Waals surface area contributed by atoms with Crippen molar-refractivity contribution in [3.8, 4) is 0 Å². The third kappa shape index (κ3) is 9.93. The SMILES string of the molecule is CC(C)(C)c1ccc2[cH-]c3ccc(C(C)(C)C)cc3c2c1.CC1[C-]=C(c2ccsc2)C=C1.[Cl-].[Cl-].[Zr+2]=[C]1CCCCC1. The molecule has 1 heterocycles. The van der Waals surface area contributed by atoms with E-state index < -0.39 is 0 Å². The zero-order valence-corrected chi connectivity index (χ0v) is 30.5. The van der Waals surface area contributed by atoms with Gasteiger partial charge in [-0.3, -0.25) is 0 Å². The minimum atomic E-state index is 0. The maximum atomic E-state index is 3.37. The fourth-order valence-electron chi connectivity index (χ4n) is 5.09. The molecule has 1 saturated carbocycles. The summed E-state index contributed by atoms with van der Waals surface area (Å²) in [6.07, 6.45) is 15.0. The van der Waals surface area contributed by atoms with Crippen LogP contribution in [-0.2, 0) is 35.1 Å². The van der Waals surface area contributed by atoms with Crippen molar-refractivity contribution in [1.29, 1.82) is 0 Å². The predicted molar refractivity (Wildman–Crippen MR) is 172 cm³/mol. The molecule has 4 heteroatoms. The van der Waals surface area contributed by atoms with Crippen LogP contribution in [0.3, 0.4) is 0 Å². The normalized spacial score (nSPS) is 16.7. The number of fused-ring (bicyclic) bond motifs is 3. The number of benzene rings is 2. The molecule has 2 aliphatic rings. The van der Waals surface area contributed by atoms with Gasteiger partial charge >= 0.3 is 59.5 Å². The number of allylic oxidation sites excluding steroid dienone is 4. The summed E-state index contributed by atoms with van der Waals surface area (Å²) >= 11 is 3.42. The molecule has 41 heavy (non-hydrogen) atoms. The van der Waals surface area contributed by atoms with Crippen molar-refractivity contribution in [1.82, 2.24) is 0 Å². The van der Waals surface area contributed by atoms with E-state index in [0.717, 1.165) is 0 Å². The zero-order chi connectivity index (χ0) is 28.2. The summed E-state index contributed by atoms with van der Waals surface area (Å²) in [7, 11) is 0. The Bertz CT molecular complexity index is 1400. The monoisotopic (exact) mass is 680 g/mol. The van der Waals surface area contributed by atoms with Gasteiger partial charge in [0.25, 0.3) is 0 Å². The molecule has 1 fully saturated rings. The summed E-state index contributed by atoms with van der Waals surface area (Å²) in [6, 6.07) is 18.3. The van der Waals surface area contributed by atoms with Crippen LogP contribution in [0.2, 0.25) is 0 Å². The predicted octanol–water partition coefficient (Wildman–Crippen LogP) is 5.13. The van der Waals surface area contributed by atoms with Crippen LogP contribution < -0.4 is 24.8 Å². The van der Waals surface area contributed by atoms with Crippen LogP contribution in [0.4, 0.5) is 0 Å². The van der Waals surface area contributed by atoms with Gasteiger partial charge in [-0.25, -0.2) is 0 Å². The number of halogens is 2. The molecule has 0 bridgehead atoms. The first-order valence-electron chi connectivity index (χ1n) is 14.5. The van der Waals surface area contributed by atoms with Gasteiger partial charge in [0.15, 0.2) is 0 Å². The number of rotatable bonds is 1. The molecule has 0 aliphatic heterocycles. The Kier molecular flexibility index (Phi) is 13.6. The van der Waals surface area contributed by atoms with Crippen LogP contribution in [-0.4, -0.2) is 3.21 Å². The molecule has 0 saturated heterocycles. The third-order valence-corrected chi connectivity index (χ3v) is 9.58. The van der Waals surface area contributed by atoms with E-state index in [-0.39, 0.29) is 35.6 Å². The van der Waals surface area contributed by atoms with E-state index in [2.05, 4.69) is 126 Å². The summed E-state index contributed by atoms with van der Waals surface area (Å²) in [5.74, 6) is 0.491. The molecule has 6 rings (SSSR count). The van der Waals surface area contributed by atoms with Gasteiger partial charge in [-0.1, -0.05) is 101 Å². The molecule has 1 aromatic heterocycles. The van der Waals surface area contributed by atoms with Crippen molar-refractivity contribution >= 4 is 41.7 Å². The van der Waals surface area contributed by atoms with Gasteiger partial charge in [0.2, 0.25) is 0 Å². The minimum absolute atomic E-state index is 0. The molecule has 0 N–H and O–H groups in total. The van der Waals surface area contributed by atoms with Crippen molar-refractivity contribution in [2.45, 2.75) is 91.4 Å². The van der Waals surface area contributed by atoms with E-state index in [1.165, 1.54) is 75.9 Å². The summed E-state index contributed by atoms with van der Waals surface area (Å²) in [6.45, 7) is 15.8.